The van der Waals surface area contributed by atoms with E-state index >= 15 is 0 Å². The molecule has 0 aromatic rings. The van der Waals surface area contributed by atoms with E-state index in [1.165, 1.54) is 0 Å². The first kappa shape index (κ1) is 11.1. The van der Waals surface area contributed by atoms with E-state index in [-0.39, 0.29) is 23.4 Å². The molecule has 0 radical (unpaired) electrons. The largest absolute Gasteiger partial charge is 0.459 e. The maximum absolute atomic E-state index is 11.9. The third-order valence-electron chi connectivity index (χ3n) is 4.71. The van der Waals surface area contributed by atoms with Crippen molar-refractivity contribution < 1.29 is 19.1 Å². The molecule has 2 heterocycles. The van der Waals surface area contributed by atoms with Crippen LogP contribution in [0.2, 0.25) is 0 Å². The number of carbonyl (C=O) groups is 2. The van der Waals surface area contributed by atoms with Crippen molar-refractivity contribution in [2.75, 3.05) is 0 Å². The Hall–Kier alpha value is -1.06. The maximum atomic E-state index is 11.9. The van der Waals surface area contributed by atoms with E-state index < -0.39 is 17.5 Å². The monoisotopic (exact) mass is 238 g/mol. The van der Waals surface area contributed by atoms with E-state index in [0.29, 0.717) is 0 Å². The first-order valence-corrected chi connectivity index (χ1v) is 6.28. The Labute approximate surface area is 101 Å². The number of carbonyl (C=O) groups excluding carboxylic acids is 2. The molecule has 0 aromatic heterocycles. The molecular formula is C13H18O4. The Bertz CT molecular complexity index is 392. The highest BCUT2D eigenvalue weighted by Gasteiger charge is 2.61. The predicted octanol–water partition coefficient (Wildman–Crippen LogP) is 1.67. The van der Waals surface area contributed by atoms with Crippen LogP contribution in [0.5, 0.6) is 0 Å². The highest BCUT2D eigenvalue weighted by Crippen LogP contribution is 2.53. The van der Waals surface area contributed by atoms with Crippen molar-refractivity contribution in [3.63, 3.8) is 0 Å². The van der Waals surface area contributed by atoms with Crippen LogP contribution in [0.4, 0.5) is 0 Å². The Morgan fingerprint density at radius 2 is 1.76 bits per heavy atom. The lowest BCUT2D eigenvalue weighted by molar-refractivity contribution is -0.229. The molecule has 2 aliphatic heterocycles. The summed E-state index contributed by atoms with van der Waals surface area (Å²) < 4.78 is 10.9. The van der Waals surface area contributed by atoms with Crippen LogP contribution >= 0.6 is 0 Å². The third kappa shape index (κ3) is 1.42. The molecule has 2 saturated heterocycles. The van der Waals surface area contributed by atoms with Crippen molar-refractivity contribution in [2.45, 2.75) is 51.2 Å². The van der Waals surface area contributed by atoms with Gasteiger partial charge in [0.05, 0.1) is 0 Å². The van der Waals surface area contributed by atoms with Gasteiger partial charge in [-0.3, -0.25) is 9.59 Å². The van der Waals surface area contributed by atoms with Gasteiger partial charge in [0.2, 0.25) is 0 Å². The van der Waals surface area contributed by atoms with Gasteiger partial charge in [0.25, 0.3) is 0 Å². The molecule has 4 atom stereocenters. The summed E-state index contributed by atoms with van der Waals surface area (Å²) in [4.78, 5) is 23.8. The first-order valence-electron chi connectivity index (χ1n) is 6.28. The molecule has 0 amide bonds. The Morgan fingerprint density at radius 3 is 2.47 bits per heavy atom. The third-order valence-corrected chi connectivity index (χ3v) is 4.71. The van der Waals surface area contributed by atoms with Crippen LogP contribution in [0.3, 0.4) is 0 Å². The van der Waals surface area contributed by atoms with E-state index in [2.05, 4.69) is 0 Å². The summed E-state index contributed by atoms with van der Waals surface area (Å²) in [6, 6.07) is 0. The van der Waals surface area contributed by atoms with Gasteiger partial charge in [-0.05, 0) is 46.0 Å². The zero-order valence-corrected chi connectivity index (χ0v) is 10.5. The fraction of sp³-hybridized carbons (Fsp3) is 0.846. The zero-order chi connectivity index (χ0) is 12.4. The molecule has 3 fully saturated rings. The van der Waals surface area contributed by atoms with Crippen LogP contribution in [0, 0.1) is 17.8 Å². The molecule has 3 aliphatic rings. The minimum Gasteiger partial charge on any atom is -0.459 e. The fourth-order valence-electron chi connectivity index (χ4n) is 3.87. The number of rotatable bonds is 0. The first-order chi connectivity index (χ1) is 7.82. The summed E-state index contributed by atoms with van der Waals surface area (Å²) in [5.74, 6) is -1.07. The summed E-state index contributed by atoms with van der Waals surface area (Å²) in [6.07, 6.45) is 2.63. The molecular weight excluding hydrogens is 220 g/mol. The summed E-state index contributed by atoms with van der Waals surface area (Å²) in [5.41, 5.74) is -0.806. The smallest absolute Gasteiger partial charge is 0.321 e. The Balaban J connectivity index is 2.02. The van der Waals surface area contributed by atoms with Crippen molar-refractivity contribution in [3.8, 4) is 0 Å². The SMILES string of the molecule is CC1(C)OC(=O)[C@@H]2C(=O)O[C@]3(C)CC[C@@H]1[C@H]2C3. The van der Waals surface area contributed by atoms with Gasteiger partial charge in [-0.15, -0.1) is 0 Å². The van der Waals surface area contributed by atoms with E-state index in [4.69, 9.17) is 9.47 Å². The standard InChI is InChI=1S/C13H18O4/c1-12(2)8-4-5-13(3)6-7(8)9(10(14)16-12)11(15)17-13/h7-9H,4-6H2,1-3H3/t7-,8-,9-,13-/m1/s1. The molecule has 0 aromatic carbocycles. The summed E-state index contributed by atoms with van der Waals surface area (Å²) >= 11 is 0. The van der Waals surface area contributed by atoms with Crippen LogP contribution in [0.15, 0.2) is 0 Å². The molecule has 94 valence electrons. The number of hydrogen-bond acceptors (Lipinski definition) is 4. The highest BCUT2D eigenvalue weighted by molar-refractivity contribution is 5.96. The van der Waals surface area contributed by atoms with Crippen LogP contribution in [-0.4, -0.2) is 23.1 Å². The second-order valence-corrected chi connectivity index (χ2v) is 6.39. The molecule has 1 aliphatic carbocycles. The second-order valence-electron chi connectivity index (χ2n) is 6.39. The van der Waals surface area contributed by atoms with Crippen molar-refractivity contribution in [2.24, 2.45) is 17.8 Å². The average Bonchev–Trinajstić information content (AvgIpc) is 2.12. The van der Waals surface area contributed by atoms with Crippen molar-refractivity contribution in [3.05, 3.63) is 0 Å². The number of cyclic esters (lactones) is 1. The zero-order valence-electron chi connectivity index (χ0n) is 10.5. The van der Waals surface area contributed by atoms with E-state index in [1.807, 2.05) is 20.8 Å². The van der Waals surface area contributed by atoms with E-state index in [0.717, 1.165) is 19.3 Å². The van der Waals surface area contributed by atoms with E-state index in [9.17, 15) is 9.59 Å². The number of fused-ring (bicyclic) bond motifs is 1. The van der Waals surface area contributed by atoms with Gasteiger partial charge < -0.3 is 9.47 Å². The Kier molecular flexibility index (Phi) is 1.97. The Morgan fingerprint density at radius 1 is 1.12 bits per heavy atom. The van der Waals surface area contributed by atoms with Crippen LogP contribution in [-0.2, 0) is 19.1 Å². The lowest BCUT2D eigenvalue weighted by Crippen LogP contribution is -2.62. The van der Waals surface area contributed by atoms with Crippen LogP contribution in [0.1, 0.15) is 40.0 Å². The second kappa shape index (κ2) is 3.03. The van der Waals surface area contributed by atoms with Gasteiger partial charge in [-0.2, -0.15) is 0 Å². The summed E-state index contributed by atoms with van der Waals surface area (Å²) in [7, 11) is 0. The minimum absolute atomic E-state index is 0.103. The van der Waals surface area contributed by atoms with Crippen LogP contribution < -0.4 is 0 Å². The van der Waals surface area contributed by atoms with Crippen LogP contribution in [0.25, 0.3) is 0 Å². The molecule has 4 nitrogen and oxygen atoms in total. The predicted molar refractivity (Wildman–Crippen MR) is 59.0 cm³/mol. The quantitative estimate of drug-likeness (QED) is 0.476. The number of hydrogen-bond donors (Lipinski definition) is 0. The van der Waals surface area contributed by atoms with Gasteiger partial charge in [0.15, 0.2) is 5.92 Å². The molecule has 0 spiro atoms. The molecule has 17 heavy (non-hydrogen) atoms. The number of ether oxygens (including phenoxy) is 2. The van der Waals surface area contributed by atoms with Gasteiger partial charge in [0, 0.05) is 5.92 Å². The topological polar surface area (TPSA) is 52.6 Å². The summed E-state index contributed by atoms with van der Waals surface area (Å²) in [5, 5.41) is 0. The summed E-state index contributed by atoms with van der Waals surface area (Å²) in [6.45, 7) is 5.88. The molecule has 2 bridgehead atoms. The van der Waals surface area contributed by atoms with Crippen molar-refractivity contribution in [1.29, 1.82) is 0 Å². The normalized spacial score (nSPS) is 47.1. The van der Waals surface area contributed by atoms with Gasteiger partial charge in [-0.1, -0.05) is 0 Å². The molecule has 0 unspecified atom stereocenters. The maximum Gasteiger partial charge on any atom is 0.321 e. The minimum atomic E-state index is -0.679. The molecule has 1 saturated carbocycles. The van der Waals surface area contributed by atoms with Gasteiger partial charge >= 0.3 is 11.9 Å². The fourth-order valence-corrected chi connectivity index (χ4v) is 3.87. The van der Waals surface area contributed by atoms with Crippen molar-refractivity contribution in [1.82, 2.24) is 0 Å². The van der Waals surface area contributed by atoms with Gasteiger partial charge in [0.1, 0.15) is 11.2 Å². The molecule has 4 heteroatoms. The highest BCUT2D eigenvalue weighted by atomic mass is 16.6. The number of esters is 2. The lowest BCUT2D eigenvalue weighted by atomic mass is 9.59. The van der Waals surface area contributed by atoms with E-state index in [1.54, 1.807) is 0 Å². The van der Waals surface area contributed by atoms with Gasteiger partial charge in [-0.25, -0.2) is 0 Å². The molecule has 3 rings (SSSR count). The van der Waals surface area contributed by atoms with Crippen molar-refractivity contribution >= 4 is 11.9 Å². The lowest BCUT2D eigenvalue weighted by Gasteiger charge is -2.55. The molecule has 0 N–H and O–H groups in total. The average molecular weight is 238 g/mol.